The van der Waals surface area contributed by atoms with E-state index in [1.54, 1.807) is 0 Å². The van der Waals surface area contributed by atoms with Crippen molar-refractivity contribution in [2.24, 2.45) is 5.92 Å². The van der Waals surface area contributed by atoms with Gasteiger partial charge in [-0.2, -0.15) is 0 Å². The van der Waals surface area contributed by atoms with Gasteiger partial charge in [0.15, 0.2) is 17.5 Å². The first kappa shape index (κ1) is 17.3. The predicted molar refractivity (Wildman–Crippen MR) is 75.9 cm³/mol. The molecule has 1 aliphatic carbocycles. The van der Waals surface area contributed by atoms with E-state index >= 15 is 0 Å². The maximum absolute atomic E-state index is 13.5. The van der Waals surface area contributed by atoms with E-state index in [0.717, 1.165) is 23.8 Å². The van der Waals surface area contributed by atoms with Crippen LogP contribution in [-0.4, -0.2) is 41.5 Å². The highest BCUT2D eigenvalue weighted by Crippen LogP contribution is 2.26. The zero-order chi connectivity index (χ0) is 17.1. The molecule has 23 heavy (non-hydrogen) atoms. The number of rotatable bonds is 3. The Morgan fingerprint density at radius 1 is 1.26 bits per heavy atom. The van der Waals surface area contributed by atoms with E-state index in [1.165, 1.54) is 7.05 Å². The average molecular weight is 330 g/mol. The Balaban J connectivity index is 1.99. The second-order valence-corrected chi connectivity index (χ2v) is 5.62. The molecule has 2 atom stereocenters. The second-order valence-electron chi connectivity index (χ2n) is 5.62. The minimum Gasteiger partial charge on any atom is -0.393 e. The molecular formula is C15H17F3N2O3. The van der Waals surface area contributed by atoms with Crippen molar-refractivity contribution in [2.75, 3.05) is 18.9 Å². The van der Waals surface area contributed by atoms with Crippen molar-refractivity contribution in [3.8, 4) is 0 Å². The number of anilines is 1. The number of nitrogens with zero attached hydrogens (tertiary/aromatic N) is 1. The van der Waals surface area contributed by atoms with Crippen LogP contribution in [0.5, 0.6) is 0 Å². The molecule has 0 saturated heterocycles. The molecule has 0 aromatic heterocycles. The lowest BCUT2D eigenvalue weighted by Crippen LogP contribution is -2.41. The van der Waals surface area contributed by atoms with Crippen molar-refractivity contribution >= 4 is 17.5 Å². The Morgan fingerprint density at radius 3 is 2.57 bits per heavy atom. The fourth-order valence-electron chi connectivity index (χ4n) is 2.64. The van der Waals surface area contributed by atoms with Crippen molar-refractivity contribution in [2.45, 2.75) is 25.4 Å². The van der Waals surface area contributed by atoms with Gasteiger partial charge in [0.2, 0.25) is 0 Å². The lowest BCUT2D eigenvalue weighted by atomic mass is 10.1. The van der Waals surface area contributed by atoms with Gasteiger partial charge < -0.3 is 15.3 Å². The highest BCUT2D eigenvalue weighted by molar-refractivity contribution is 6.39. The molecule has 2 rings (SSSR count). The van der Waals surface area contributed by atoms with E-state index in [-0.39, 0.29) is 12.5 Å². The first-order chi connectivity index (χ1) is 10.8. The van der Waals surface area contributed by atoms with Gasteiger partial charge >= 0.3 is 11.8 Å². The number of amides is 2. The SMILES string of the molecule is CN(CC1CCCC1O)C(=O)C(=O)Nc1ccc(F)c(F)c1F. The van der Waals surface area contributed by atoms with Crippen molar-refractivity contribution in [1.82, 2.24) is 4.90 Å². The predicted octanol–water partition coefficient (Wildman–Crippen LogP) is 1.66. The Kier molecular flexibility index (Phi) is 5.25. The van der Waals surface area contributed by atoms with Gasteiger partial charge in [-0.3, -0.25) is 9.59 Å². The quantitative estimate of drug-likeness (QED) is 0.654. The molecule has 1 aliphatic rings. The minimum atomic E-state index is -1.72. The number of hydrogen-bond donors (Lipinski definition) is 2. The fourth-order valence-corrected chi connectivity index (χ4v) is 2.64. The van der Waals surface area contributed by atoms with Crippen molar-refractivity contribution in [3.05, 3.63) is 29.6 Å². The molecule has 0 aliphatic heterocycles. The third-order valence-corrected chi connectivity index (χ3v) is 3.95. The Morgan fingerprint density at radius 2 is 1.96 bits per heavy atom. The van der Waals surface area contributed by atoms with Gasteiger partial charge in [0.05, 0.1) is 11.8 Å². The smallest absolute Gasteiger partial charge is 0.313 e. The minimum absolute atomic E-state index is 0.114. The number of hydrogen-bond acceptors (Lipinski definition) is 3. The molecule has 8 heteroatoms. The lowest BCUT2D eigenvalue weighted by molar-refractivity contribution is -0.142. The molecule has 1 fully saturated rings. The standard InChI is InChI=1S/C15H17F3N2O3/c1-20(7-8-3-2-4-11(8)21)15(23)14(22)19-10-6-5-9(16)12(17)13(10)18/h5-6,8,11,21H,2-4,7H2,1H3,(H,19,22). The molecule has 0 radical (unpaired) electrons. The average Bonchev–Trinajstić information content (AvgIpc) is 2.92. The summed E-state index contributed by atoms with van der Waals surface area (Å²) >= 11 is 0. The van der Waals surface area contributed by atoms with Crippen LogP contribution in [0.4, 0.5) is 18.9 Å². The van der Waals surface area contributed by atoms with Crippen LogP contribution in [0.25, 0.3) is 0 Å². The van der Waals surface area contributed by atoms with Crippen LogP contribution >= 0.6 is 0 Å². The molecule has 5 nitrogen and oxygen atoms in total. The first-order valence-electron chi connectivity index (χ1n) is 7.19. The summed E-state index contributed by atoms with van der Waals surface area (Å²) in [6.45, 7) is 0.188. The molecule has 1 aromatic rings. The van der Waals surface area contributed by atoms with Crippen molar-refractivity contribution in [3.63, 3.8) is 0 Å². The summed E-state index contributed by atoms with van der Waals surface area (Å²) in [4.78, 5) is 24.9. The number of carbonyl (C=O) groups is 2. The zero-order valence-electron chi connectivity index (χ0n) is 12.5. The molecular weight excluding hydrogens is 313 g/mol. The molecule has 126 valence electrons. The highest BCUT2D eigenvalue weighted by atomic mass is 19.2. The van der Waals surface area contributed by atoms with Gasteiger partial charge in [-0.15, -0.1) is 0 Å². The summed E-state index contributed by atoms with van der Waals surface area (Å²) in [7, 11) is 1.38. The largest absolute Gasteiger partial charge is 0.393 e. The van der Waals surface area contributed by atoms with Crippen LogP contribution in [0.15, 0.2) is 12.1 Å². The number of likely N-dealkylation sites (N-methyl/N-ethyl adjacent to an activating group) is 1. The van der Waals surface area contributed by atoms with E-state index in [0.29, 0.717) is 12.5 Å². The van der Waals surface area contributed by atoms with Crippen LogP contribution in [0.3, 0.4) is 0 Å². The van der Waals surface area contributed by atoms with Crippen molar-refractivity contribution in [1.29, 1.82) is 0 Å². The fraction of sp³-hybridized carbons (Fsp3) is 0.467. The molecule has 0 heterocycles. The molecule has 1 saturated carbocycles. The number of halogens is 3. The van der Waals surface area contributed by atoms with Crippen LogP contribution < -0.4 is 5.32 Å². The second kappa shape index (κ2) is 6.99. The molecule has 2 N–H and O–H groups in total. The summed E-state index contributed by atoms with van der Waals surface area (Å²) < 4.78 is 39.4. The number of nitrogens with one attached hydrogen (secondary N) is 1. The maximum Gasteiger partial charge on any atom is 0.313 e. The Hall–Kier alpha value is -2.09. The Labute approximate surface area is 131 Å². The van der Waals surface area contributed by atoms with Gasteiger partial charge in [0, 0.05) is 19.5 Å². The van der Waals surface area contributed by atoms with Gasteiger partial charge in [-0.05, 0) is 25.0 Å². The van der Waals surface area contributed by atoms with Crippen LogP contribution in [-0.2, 0) is 9.59 Å². The normalized spacial score (nSPS) is 20.4. The topological polar surface area (TPSA) is 69.6 Å². The van der Waals surface area contributed by atoms with Gasteiger partial charge in [0.1, 0.15) is 0 Å². The molecule has 0 spiro atoms. The van der Waals surface area contributed by atoms with Crippen LogP contribution in [0.1, 0.15) is 19.3 Å². The lowest BCUT2D eigenvalue weighted by Gasteiger charge is -2.22. The molecule has 1 aromatic carbocycles. The summed E-state index contributed by atoms with van der Waals surface area (Å²) in [5.74, 6) is -6.91. The number of aliphatic hydroxyl groups excluding tert-OH is 1. The molecule has 2 unspecified atom stereocenters. The maximum atomic E-state index is 13.5. The van der Waals surface area contributed by atoms with E-state index < -0.39 is 41.1 Å². The number of benzene rings is 1. The van der Waals surface area contributed by atoms with Crippen molar-refractivity contribution < 1.29 is 27.9 Å². The Bertz CT molecular complexity index is 624. The van der Waals surface area contributed by atoms with Gasteiger partial charge in [-0.25, -0.2) is 13.2 Å². The summed E-state index contributed by atoms with van der Waals surface area (Å²) in [5.41, 5.74) is -0.614. The van der Waals surface area contributed by atoms with E-state index in [4.69, 9.17) is 0 Å². The zero-order valence-corrected chi connectivity index (χ0v) is 12.5. The first-order valence-corrected chi connectivity index (χ1v) is 7.19. The van der Waals surface area contributed by atoms with E-state index in [2.05, 4.69) is 0 Å². The van der Waals surface area contributed by atoms with Gasteiger partial charge in [0.25, 0.3) is 0 Å². The molecule has 0 bridgehead atoms. The summed E-state index contributed by atoms with van der Waals surface area (Å²) in [6.07, 6.45) is 1.73. The monoisotopic (exact) mass is 330 g/mol. The van der Waals surface area contributed by atoms with E-state index in [9.17, 15) is 27.9 Å². The number of carbonyl (C=O) groups excluding carboxylic acids is 2. The third-order valence-electron chi connectivity index (χ3n) is 3.95. The summed E-state index contributed by atoms with van der Waals surface area (Å²) in [6, 6.07) is 1.48. The van der Waals surface area contributed by atoms with Crippen LogP contribution in [0.2, 0.25) is 0 Å². The van der Waals surface area contributed by atoms with Crippen LogP contribution in [0, 0.1) is 23.4 Å². The third kappa shape index (κ3) is 3.82. The highest BCUT2D eigenvalue weighted by Gasteiger charge is 2.29. The number of aliphatic hydroxyl groups is 1. The van der Waals surface area contributed by atoms with E-state index in [1.807, 2.05) is 5.32 Å². The summed E-state index contributed by atoms with van der Waals surface area (Å²) in [5, 5.41) is 11.6. The van der Waals surface area contributed by atoms with Gasteiger partial charge in [-0.1, -0.05) is 6.42 Å². The molecule has 2 amide bonds.